The molecule has 1 amide bonds. The average molecular weight is 274 g/mol. The van der Waals surface area contributed by atoms with Gasteiger partial charge in [-0.2, -0.15) is 0 Å². The molecule has 20 heavy (non-hydrogen) atoms. The molecule has 0 unspecified atom stereocenters. The van der Waals surface area contributed by atoms with Gasteiger partial charge in [-0.25, -0.2) is 4.98 Å². The number of anilines is 1. The van der Waals surface area contributed by atoms with E-state index in [1.807, 2.05) is 48.4 Å². The van der Waals surface area contributed by atoms with Gasteiger partial charge in [-0.15, -0.1) is 0 Å². The van der Waals surface area contributed by atoms with E-state index in [1.54, 1.807) is 0 Å². The fourth-order valence-electron chi connectivity index (χ4n) is 2.45. The number of benzene rings is 1. The maximum Gasteiger partial charge on any atom is 0.242 e. The van der Waals surface area contributed by atoms with Crippen LogP contribution in [0.2, 0.25) is 0 Å². The summed E-state index contributed by atoms with van der Waals surface area (Å²) in [5.41, 5.74) is 8.31. The van der Waals surface area contributed by atoms with Gasteiger partial charge in [0, 0.05) is 25.2 Å². The van der Waals surface area contributed by atoms with Gasteiger partial charge in [-0.1, -0.05) is 6.92 Å². The molecular formula is C15H22N4O. The van der Waals surface area contributed by atoms with Gasteiger partial charge in [0.05, 0.1) is 11.0 Å². The Balaban J connectivity index is 2.40. The molecule has 108 valence electrons. The number of likely N-dealkylation sites (N-methyl/N-ethyl adjacent to an activating group) is 1. The summed E-state index contributed by atoms with van der Waals surface area (Å²) in [6, 6.07) is 5.64. The Labute approximate surface area is 119 Å². The fourth-order valence-corrected chi connectivity index (χ4v) is 2.45. The number of aryl methyl sites for hydroxylation is 1. The van der Waals surface area contributed by atoms with Gasteiger partial charge >= 0.3 is 0 Å². The van der Waals surface area contributed by atoms with E-state index in [2.05, 4.69) is 4.98 Å². The van der Waals surface area contributed by atoms with Crippen LogP contribution in [0.1, 0.15) is 26.6 Å². The normalized spacial score (nSPS) is 10.9. The van der Waals surface area contributed by atoms with Crippen molar-refractivity contribution in [1.29, 1.82) is 0 Å². The second kappa shape index (κ2) is 5.94. The zero-order valence-electron chi connectivity index (χ0n) is 12.4. The highest BCUT2D eigenvalue weighted by Crippen LogP contribution is 2.19. The summed E-state index contributed by atoms with van der Waals surface area (Å²) in [5, 5.41) is 0. The van der Waals surface area contributed by atoms with Crippen molar-refractivity contribution in [3.63, 3.8) is 0 Å². The summed E-state index contributed by atoms with van der Waals surface area (Å²) in [5.74, 6) is 1.05. The van der Waals surface area contributed by atoms with Crippen LogP contribution >= 0.6 is 0 Å². The molecule has 2 rings (SSSR count). The van der Waals surface area contributed by atoms with E-state index >= 15 is 0 Å². The zero-order valence-corrected chi connectivity index (χ0v) is 12.4. The number of nitrogen functional groups attached to an aromatic ring is 1. The van der Waals surface area contributed by atoms with Crippen molar-refractivity contribution in [2.75, 3.05) is 18.8 Å². The van der Waals surface area contributed by atoms with Crippen LogP contribution in [0.5, 0.6) is 0 Å². The maximum atomic E-state index is 12.3. The monoisotopic (exact) mass is 274 g/mol. The van der Waals surface area contributed by atoms with Gasteiger partial charge in [-0.3, -0.25) is 4.79 Å². The second-order valence-corrected chi connectivity index (χ2v) is 4.78. The predicted octanol–water partition coefficient (Wildman–Crippen LogP) is 2.05. The predicted molar refractivity (Wildman–Crippen MR) is 81.5 cm³/mol. The molecule has 0 aliphatic heterocycles. The standard InChI is InChI=1S/C15H22N4O/c1-4-14-17-12-9-11(16)7-8-13(12)19(14)10-15(20)18(5-2)6-3/h7-9H,4-6,10,16H2,1-3H3. The van der Waals surface area contributed by atoms with Gasteiger partial charge in [0.15, 0.2) is 0 Å². The molecule has 0 bridgehead atoms. The Morgan fingerprint density at radius 2 is 2.00 bits per heavy atom. The highest BCUT2D eigenvalue weighted by molar-refractivity contribution is 5.83. The first kappa shape index (κ1) is 14.4. The minimum Gasteiger partial charge on any atom is -0.399 e. The number of carbonyl (C=O) groups excluding carboxylic acids is 1. The molecule has 0 aliphatic carbocycles. The van der Waals surface area contributed by atoms with Crippen LogP contribution in [0.3, 0.4) is 0 Å². The number of aromatic nitrogens is 2. The topological polar surface area (TPSA) is 64.1 Å². The van der Waals surface area contributed by atoms with Crippen LogP contribution < -0.4 is 5.73 Å². The van der Waals surface area contributed by atoms with E-state index in [-0.39, 0.29) is 5.91 Å². The molecule has 0 radical (unpaired) electrons. The highest BCUT2D eigenvalue weighted by Gasteiger charge is 2.15. The van der Waals surface area contributed by atoms with Crippen LogP contribution in [-0.2, 0) is 17.8 Å². The number of fused-ring (bicyclic) bond motifs is 1. The molecule has 2 aromatic rings. The Hall–Kier alpha value is -2.04. The molecule has 0 fully saturated rings. The van der Waals surface area contributed by atoms with Crippen LogP contribution in [0, 0.1) is 0 Å². The number of hydrogen-bond acceptors (Lipinski definition) is 3. The second-order valence-electron chi connectivity index (χ2n) is 4.78. The zero-order chi connectivity index (χ0) is 14.7. The van der Waals surface area contributed by atoms with Crippen LogP contribution in [0.25, 0.3) is 11.0 Å². The minimum atomic E-state index is 0.126. The van der Waals surface area contributed by atoms with Crippen molar-refractivity contribution < 1.29 is 4.79 Å². The van der Waals surface area contributed by atoms with E-state index in [0.29, 0.717) is 12.2 Å². The number of rotatable bonds is 5. The highest BCUT2D eigenvalue weighted by atomic mass is 16.2. The molecule has 1 heterocycles. The third-order valence-electron chi connectivity index (χ3n) is 3.58. The minimum absolute atomic E-state index is 0.126. The van der Waals surface area contributed by atoms with Crippen molar-refractivity contribution in [1.82, 2.24) is 14.5 Å². The lowest BCUT2D eigenvalue weighted by Crippen LogP contribution is -2.33. The Bertz CT molecular complexity index is 614. The van der Waals surface area contributed by atoms with Crippen molar-refractivity contribution >= 4 is 22.6 Å². The summed E-state index contributed by atoms with van der Waals surface area (Å²) in [7, 11) is 0. The van der Waals surface area contributed by atoms with Crippen molar-refractivity contribution in [2.45, 2.75) is 33.7 Å². The molecule has 0 aliphatic rings. The van der Waals surface area contributed by atoms with Crippen molar-refractivity contribution in [3.05, 3.63) is 24.0 Å². The molecular weight excluding hydrogens is 252 g/mol. The van der Waals surface area contributed by atoms with E-state index in [4.69, 9.17) is 5.73 Å². The third-order valence-corrected chi connectivity index (χ3v) is 3.58. The van der Waals surface area contributed by atoms with E-state index in [1.165, 1.54) is 0 Å². The summed E-state index contributed by atoms with van der Waals surface area (Å²) in [6.45, 7) is 7.84. The molecule has 5 nitrogen and oxygen atoms in total. The number of carbonyl (C=O) groups is 1. The first-order valence-corrected chi connectivity index (χ1v) is 7.13. The Morgan fingerprint density at radius 3 is 2.60 bits per heavy atom. The van der Waals surface area contributed by atoms with Crippen molar-refractivity contribution in [2.24, 2.45) is 0 Å². The lowest BCUT2D eigenvalue weighted by atomic mass is 10.3. The van der Waals surface area contributed by atoms with E-state index in [9.17, 15) is 4.79 Å². The first-order valence-electron chi connectivity index (χ1n) is 7.13. The van der Waals surface area contributed by atoms with Crippen molar-refractivity contribution in [3.8, 4) is 0 Å². The molecule has 0 saturated carbocycles. The molecule has 1 aromatic heterocycles. The van der Waals surface area contributed by atoms with E-state index in [0.717, 1.165) is 36.4 Å². The lowest BCUT2D eigenvalue weighted by Gasteiger charge is -2.19. The summed E-state index contributed by atoms with van der Waals surface area (Å²) in [6.07, 6.45) is 0.792. The fraction of sp³-hybridized carbons (Fsp3) is 0.467. The number of nitrogens with zero attached hydrogens (tertiary/aromatic N) is 3. The summed E-state index contributed by atoms with van der Waals surface area (Å²) < 4.78 is 2.00. The molecule has 5 heteroatoms. The van der Waals surface area contributed by atoms with Crippen LogP contribution in [-0.4, -0.2) is 33.4 Å². The molecule has 0 saturated heterocycles. The van der Waals surface area contributed by atoms with Crippen LogP contribution in [0.4, 0.5) is 5.69 Å². The Morgan fingerprint density at radius 1 is 1.30 bits per heavy atom. The third kappa shape index (κ3) is 2.61. The molecule has 0 atom stereocenters. The van der Waals surface area contributed by atoms with Gasteiger partial charge in [0.25, 0.3) is 0 Å². The SMILES string of the molecule is CCc1nc2cc(N)ccc2n1CC(=O)N(CC)CC. The molecule has 0 spiro atoms. The largest absolute Gasteiger partial charge is 0.399 e. The first-order chi connectivity index (χ1) is 9.60. The number of imidazole rings is 1. The molecule has 2 N–H and O–H groups in total. The number of nitrogens with two attached hydrogens (primary N) is 1. The summed E-state index contributed by atoms with van der Waals surface area (Å²) in [4.78, 5) is 18.7. The lowest BCUT2D eigenvalue weighted by molar-refractivity contribution is -0.131. The van der Waals surface area contributed by atoms with Crippen LogP contribution in [0.15, 0.2) is 18.2 Å². The quantitative estimate of drug-likeness (QED) is 0.849. The van der Waals surface area contributed by atoms with Gasteiger partial charge < -0.3 is 15.2 Å². The number of hydrogen-bond donors (Lipinski definition) is 1. The van der Waals surface area contributed by atoms with E-state index < -0.39 is 0 Å². The smallest absolute Gasteiger partial charge is 0.242 e. The summed E-state index contributed by atoms with van der Waals surface area (Å²) >= 11 is 0. The maximum absolute atomic E-state index is 12.3. The Kier molecular flexibility index (Phi) is 4.27. The van der Waals surface area contributed by atoms with Gasteiger partial charge in [0.1, 0.15) is 12.4 Å². The average Bonchev–Trinajstić information content (AvgIpc) is 2.77. The van der Waals surface area contributed by atoms with Gasteiger partial charge in [-0.05, 0) is 32.0 Å². The molecule has 1 aromatic carbocycles. The van der Waals surface area contributed by atoms with Gasteiger partial charge in [0.2, 0.25) is 5.91 Å². The number of amides is 1.